The van der Waals surface area contributed by atoms with Gasteiger partial charge in [0, 0.05) is 17.0 Å². The molecule has 1 atom stereocenters. The lowest BCUT2D eigenvalue weighted by atomic mass is 10.0. The second-order valence-electron chi connectivity index (χ2n) is 4.32. The normalized spacial score (nSPS) is 12.2. The molecule has 0 amide bonds. The summed E-state index contributed by atoms with van der Waals surface area (Å²) in [6.07, 6.45) is -0.449. The summed E-state index contributed by atoms with van der Waals surface area (Å²) in [6.45, 7) is 0. The van der Waals surface area contributed by atoms with Crippen molar-refractivity contribution in [3.05, 3.63) is 62.6 Å². The van der Waals surface area contributed by atoms with Crippen LogP contribution < -0.4 is 4.74 Å². The largest absolute Gasteiger partial charge is 0.496 e. The van der Waals surface area contributed by atoms with Crippen molar-refractivity contribution in [1.29, 1.82) is 0 Å². The maximum Gasteiger partial charge on any atom is 0.124 e. The number of aliphatic hydroxyl groups excluding tert-OH is 1. The third-order valence-corrected chi connectivity index (χ3v) is 4.09. The van der Waals surface area contributed by atoms with Crippen molar-refractivity contribution < 1.29 is 9.84 Å². The van der Waals surface area contributed by atoms with Gasteiger partial charge in [0.15, 0.2) is 0 Å². The minimum absolute atomic E-state index is 0.329. The van der Waals surface area contributed by atoms with Gasteiger partial charge < -0.3 is 9.84 Å². The minimum atomic E-state index is -0.778. The molecule has 2 aromatic rings. The quantitative estimate of drug-likeness (QED) is 0.860. The number of halogens is 3. The van der Waals surface area contributed by atoms with Gasteiger partial charge in [-0.25, -0.2) is 0 Å². The lowest BCUT2D eigenvalue weighted by Crippen LogP contribution is -2.04. The van der Waals surface area contributed by atoms with Crippen LogP contribution in [0.3, 0.4) is 0 Å². The molecule has 5 heteroatoms. The van der Waals surface area contributed by atoms with E-state index < -0.39 is 6.10 Å². The lowest BCUT2D eigenvalue weighted by Gasteiger charge is -2.16. The maximum atomic E-state index is 10.4. The van der Waals surface area contributed by atoms with Crippen LogP contribution in [-0.2, 0) is 6.42 Å². The van der Waals surface area contributed by atoms with Crippen LogP contribution in [-0.4, -0.2) is 12.2 Å². The Morgan fingerprint density at radius 3 is 2.60 bits per heavy atom. The molecule has 0 saturated carbocycles. The van der Waals surface area contributed by atoms with Crippen molar-refractivity contribution in [3.63, 3.8) is 0 Å². The molecule has 1 unspecified atom stereocenters. The average Bonchev–Trinajstić information content (AvgIpc) is 2.43. The van der Waals surface area contributed by atoms with Crippen LogP contribution in [0.15, 0.2) is 36.4 Å². The van der Waals surface area contributed by atoms with Gasteiger partial charge in [0.2, 0.25) is 0 Å². The lowest BCUT2D eigenvalue weighted by molar-refractivity contribution is 0.174. The Hall–Kier alpha value is -0.930. The fourth-order valence-electron chi connectivity index (χ4n) is 1.99. The molecule has 0 spiro atoms. The summed E-state index contributed by atoms with van der Waals surface area (Å²) < 4.78 is 5.24. The summed E-state index contributed by atoms with van der Waals surface area (Å²) in [5, 5.41) is 11.8. The van der Waals surface area contributed by atoms with E-state index in [2.05, 4.69) is 0 Å². The Labute approximate surface area is 132 Å². The third kappa shape index (κ3) is 3.39. The predicted octanol–water partition coefficient (Wildman–Crippen LogP) is 4.93. The molecule has 0 bridgehead atoms. The first-order chi connectivity index (χ1) is 9.52. The van der Waals surface area contributed by atoms with Crippen LogP contribution in [0.2, 0.25) is 15.1 Å². The van der Waals surface area contributed by atoms with Gasteiger partial charge in [0.1, 0.15) is 5.75 Å². The van der Waals surface area contributed by atoms with Crippen molar-refractivity contribution in [2.24, 2.45) is 0 Å². The Morgan fingerprint density at radius 1 is 1.15 bits per heavy atom. The first-order valence-electron chi connectivity index (χ1n) is 5.97. The number of methoxy groups -OCH3 is 1. The first-order valence-corrected chi connectivity index (χ1v) is 7.10. The van der Waals surface area contributed by atoms with Gasteiger partial charge in [0.25, 0.3) is 0 Å². The Balaban J connectivity index is 2.30. The molecule has 0 heterocycles. The molecule has 0 aliphatic heterocycles. The van der Waals surface area contributed by atoms with Gasteiger partial charge in [0.05, 0.1) is 23.3 Å². The van der Waals surface area contributed by atoms with Crippen molar-refractivity contribution in [1.82, 2.24) is 0 Å². The van der Waals surface area contributed by atoms with Gasteiger partial charge in [-0.1, -0.05) is 46.9 Å². The minimum Gasteiger partial charge on any atom is -0.496 e. The maximum absolute atomic E-state index is 10.4. The second kappa shape index (κ2) is 6.68. The number of rotatable bonds is 4. The molecule has 0 aliphatic carbocycles. The number of benzene rings is 2. The number of hydrogen-bond acceptors (Lipinski definition) is 2. The number of aliphatic hydroxyl groups is 1. The van der Waals surface area contributed by atoms with E-state index in [0.717, 1.165) is 5.56 Å². The number of hydrogen-bond donors (Lipinski definition) is 1. The Bertz CT molecular complexity index is 614. The molecule has 0 radical (unpaired) electrons. The van der Waals surface area contributed by atoms with E-state index in [0.29, 0.717) is 32.8 Å². The summed E-state index contributed by atoms with van der Waals surface area (Å²) in [5.74, 6) is 0.583. The Morgan fingerprint density at radius 2 is 1.90 bits per heavy atom. The third-order valence-electron chi connectivity index (χ3n) is 3.00. The van der Waals surface area contributed by atoms with Crippen LogP contribution in [0.4, 0.5) is 0 Å². The van der Waals surface area contributed by atoms with Crippen molar-refractivity contribution in [2.45, 2.75) is 12.5 Å². The standard InChI is InChI=1S/C15H13Cl3O2/c1-20-14-6-5-10(16)8-11(14)13(19)7-9-3-2-4-12(17)15(9)18/h2-6,8,13,19H,7H2,1H3. The highest BCUT2D eigenvalue weighted by atomic mass is 35.5. The monoisotopic (exact) mass is 330 g/mol. The SMILES string of the molecule is COc1ccc(Cl)cc1C(O)Cc1cccc(Cl)c1Cl. The van der Waals surface area contributed by atoms with E-state index in [1.807, 2.05) is 6.07 Å². The van der Waals surface area contributed by atoms with Crippen LogP contribution in [0.5, 0.6) is 5.75 Å². The fourth-order valence-corrected chi connectivity index (χ4v) is 2.57. The van der Waals surface area contributed by atoms with Gasteiger partial charge in [-0.05, 0) is 29.8 Å². The van der Waals surface area contributed by atoms with Gasteiger partial charge in [-0.3, -0.25) is 0 Å². The number of ether oxygens (including phenoxy) is 1. The van der Waals surface area contributed by atoms with E-state index >= 15 is 0 Å². The predicted molar refractivity (Wildman–Crippen MR) is 83.1 cm³/mol. The summed E-state index contributed by atoms with van der Waals surface area (Å²) in [4.78, 5) is 0. The van der Waals surface area contributed by atoms with E-state index in [4.69, 9.17) is 39.5 Å². The van der Waals surface area contributed by atoms with Gasteiger partial charge in [-0.2, -0.15) is 0 Å². The summed E-state index contributed by atoms with van der Waals surface area (Å²) in [6, 6.07) is 10.5. The molecule has 0 aromatic heterocycles. The molecule has 1 N–H and O–H groups in total. The zero-order chi connectivity index (χ0) is 14.7. The molecule has 0 saturated heterocycles. The van der Waals surface area contributed by atoms with Crippen LogP contribution in [0.1, 0.15) is 17.2 Å². The van der Waals surface area contributed by atoms with Crippen LogP contribution >= 0.6 is 34.8 Å². The molecule has 2 aromatic carbocycles. The van der Waals surface area contributed by atoms with E-state index in [1.165, 1.54) is 0 Å². The topological polar surface area (TPSA) is 29.5 Å². The molecule has 2 nitrogen and oxygen atoms in total. The first kappa shape index (κ1) is 15.5. The van der Waals surface area contributed by atoms with Crippen LogP contribution in [0.25, 0.3) is 0 Å². The highest BCUT2D eigenvalue weighted by molar-refractivity contribution is 6.42. The zero-order valence-corrected chi connectivity index (χ0v) is 13.0. The van der Waals surface area contributed by atoms with E-state index in [9.17, 15) is 5.11 Å². The van der Waals surface area contributed by atoms with E-state index in [1.54, 1.807) is 37.4 Å². The fraction of sp³-hybridized carbons (Fsp3) is 0.200. The molecule has 106 valence electrons. The molecular weight excluding hydrogens is 319 g/mol. The van der Waals surface area contributed by atoms with Crippen molar-refractivity contribution in [2.75, 3.05) is 7.11 Å². The Kier molecular flexibility index (Phi) is 5.17. The molecule has 0 aliphatic rings. The second-order valence-corrected chi connectivity index (χ2v) is 5.54. The molecule has 20 heavy (non-hydrogen) atoms. The van der Waals surface area contributed by atoms with Crippen LogP contribution in [0, 0.1) is 0 Å². The zero-order valence-electron chi connectivity index (χ0n) is 10.7. The average molecular weight is 332 g/mol. The van der Waals surface area contributed by atoms with Gasteiger partial charge >= 0.3 is 0 Å². The van der Waals surface area contributed by atoms with Crippen molar-refractivity contribution in [3.8, 4) is 5.75 Å². The molecular formula is C15H13Cl3O2. The molecule has 2 rings (SSSR count). The highest BCUT2D eigenvalue weighted by Crippen LogP contribution is 2.33. The summed E-state index contributed by atoms with van der Waals surface area (Å²) >= 11 is 18.1. The van der Waals surface area contributed by atoms with E-state index in [-0.39, 0.29) is 0 Å². The van der Waals surface area contributed by atoms with Gasteiger partial charge in [-0.15, -0.1) is 0 Å². The van der Waals surface area contributed by atoms with Crippen molar-refractivity contribution >= 4 is 34.8 Å². The smallest absolute Gasteiger partial charge is 0.124 e. The summed E-state index contributed by atoms with van der Waals surface area (Å²) in [5.41, 5.74) is 1.39. The molecule has 0 fully saturated rings. The summed E-state index contributed by atoms with van der Waals surface area (Å²) in [7, 11) is 1.55. The highest BCUT2D eigenvalue weighted by Gasteiger charge is 2.16.